The third kappa shape index (κ3) is 3.29. The smallest absolute Gasteiger partial charge is 0.255 e. The van der Waals surface area contributed by atoms with Crippen LogP contribution in [-0.2, 0) is 6.42 Å². The lowest BCUT2D eigenvalue weighted by Crippen LogP contribution is -2.42. The van der Waals surface area contributed by atoms with Crippen molar-refractivity contribution in [2.24, 2.45) is 16.8 Å². The first-order valence-electron chi connectivity index (χ1n) is 7.16. The van der Waals surface area contributed by atoms with Gasteiger partial charge in [-0.25, -0.2) is 0 Å². The topological polar surface area (TPSA) is 105 Å². The number of piperidine rings is 1. The first-order valence-corrected chi connectivity index (χ1v) is 7.16. The van der Waals surface area contributed by atoms with E-state index in [0.717, 1.165) is 11.4 Å². The Kier molecular flexibility index (Phi) is 4.72. The van der Waals surface area contributed by atoms with E-state index in [9.17, 15) is 4.79 Å². The van der Waals surface area contributed by atoms with Crippen molar-refractivity contribution in [3.8, 4) is 0 Å². The highest BCUT2D eigenvalue weighted by molar-refractivity contribution is 5.95. The van der Waals surface area contributed by atoms with E-state index in [4.69, 9.17) is 10.9 Å². The average Bonchev–Trinajstić information content (AvgIpc) is 2.53. The Labute approximate surface area is 123 Å². The highest BCUT2D eigenvalue weighted by Gasteiger charge is 2.27. The molecule has 1 aromatic rings. The predicted octanol–water partition coefficient (Wildman–Crippen LogP) is 0.946. The molecule has 0 aliphatic carbocycles. The van der Waals surface area contributed by atoms with Crippen LogP contribution >= 0.6 is 0 Å². The molecule has 1 amide bonds. The Morgan fingerprint density at radius 3 is 2.71 bits per heavy atom. The zero-order valence-corrected chi connectivity index (χ0v) is 12.4. The summed E-state index contributed by atoms with van der Waals surface area (Å²) in [5.41, 5.74) is 7.72. The molecule has 0 atom stereocenters. The number of hydrogen-bond acceptors (Lipinski definition) is 5. The summed E-state index contributed by atoms with van der Waals surface area (Å²) in [6, 6.07) is 1.80. The zero-order chi connectivity index (χ0) is 15.4. The minimum atomic E-state index is -0.0113. The summed E-state index contributed by atoms with van der Waals surface area (Å²) in [5.74, 6) is 0.280. The molecule has 0 aromatic carbocycles. The highest BCUT2D eigenvalue weighted by atomic mass is 16.4. The lowest BCUT2D eigenvalue weighted by molar-refractivity contribution is 0.0707. The Balaban J connectivity index is 2.10. The number of carbonyl (C=O) groups excluding carboxylic acids is 1. The van der Waals surface area contributed by atoms with Crippen molar-refractivity contribution in [2.45, 2.75) is 33.1 Å². The second-order valence-corrected chi connectivity index (χ2v) is 5.29. The van der Waals surface area contributed by atoms with E-state index in [0.29, 0.717) is 37.9 Å². The molecule has 1 fully saturated rings. The van der Waals surface area contributed by atoms with E-state index in [1.165, 1.54) is 0 Å². The minimum absolute atomic E-state index is 0.0113. The summed E-state index contributed by atoms with van der Waals surface area (Å²) in [5, 5.41) is 19.9. The maximum atomic E-state index is 12.6. The van der Waals surface area contributed by atoms with E-state index in [1.54, 1.807) is 11.0 Å². The number of aryl methyl sites for hydroxylation is 2. The van der Waals surface area contributed by atoms with E-state index < -0.39 is 0 Å². The van der Waals surface area contributed by atoms with Crippen molar-refractivity contribution in [1.29, 1.82) is 0 Å². The number of carbonyl (C=O) groups is 1. The van der Waals surface area contributed by atoms with Crippen molar-refractivity contribution < 1.29 is 10.0 Å². The van der Waals surface area contributed by atoms with Crippen molar-refractivity contribution >= 4 is 11.7 Å². The standard InChI is InChI=1S/C14H21N5O2/c1-3-12-11(8-9(2)16-17-12)14(20)19-6-4-10(5-7-19)13(15)18-21/h8,10,21H,3-7H2,1-2H3,(H2,15,18). The molecular weight excluding hydrogens is 270 g/mol. The molecule has 1 saturated heterocycles. The number of rotatable bonds is 3. The number of amides is 1. The quantitative estimate of drug-likeness (QED) is 0.373. The van der Waals surface area contributed by atoms with Gasteiger partial charge in [0.05, 0.1) is 17.0 Å². The molecule has 2 heterocycles. The monoisotopic (exact) mass is 291 g/mol. The molecule has 2 rings (SSSR count). The van der Waals surface area contributed by atoms with Crippen LogP contribution in [0.15, 0.2) is 11.2 Å². The fraction of sp³-hybridized carbons (Fsp3) is 0.571. The fourth-order valence-corrected chi connectivity index (χ4v) is 2.59. The number of likely N-dealkylation sites (tertiary alicyclic amines) is 1. The lowest BCUT2D eigenvalue weighted by atomic mass is 9.95. The van der Waals surface area contributed by atoms with Crippen LogP contribution in [0.2, 0.25) is 0 Å². The van der Waals surface area contributed by atoms with Gasteiger partial charge in [0.25, 0.3) is 5.91 Å². The van der Waals surface area contributed by atoms with Crippen LogP contribution in [0, 0.1) is 12.8 Å². The normalized spacial score (nSPS) is 17.0. The molecule has 0 bridgehead atoms. The van der Waals surface area contributed by atoms with Crippen LogP contribution in [-0.4, -0.2) is 45.1 Å². The van der Waals surface area contributed by atoms with Crippen LogP contribution < -0.4 is 5.73 Å². The van der Waals surface area contributed by atoms with Gasteiger partial charge in [-0.1, -0.05) is 12.1 Å². The number of nitrogens with zero attached hydrogens (tertiary/aromatic N) is 4. The van der Waals surface area contributed by atoms with Crippen molar-refractivity contribution in [3.05, 3.63) is 23.0 Å². The van der Waals surface area contributed by atoms with Crippen molar-refractivity contribution in [2.75, 3.05) is 13.1 Å². The van der Waals surface area contributed by atoms with Gasteiger partial charge >= 0.3 is 0 Å². The van der Waals surface area contributed by atoms with Gasteiger partial charge in [-0.15, -0.1) is 0 Å². The molecule has 7 nitrogen and oxygen atoms in total. The summed E-state index contributed by atoms with van der Waals surface area (Å²) in [6.45, 7) is 4.99. The van der Waals surface area contributed by atoms with Crippen LogP contribution in [0.5, 0.6) is 0 Å². The summed E-state index contributed by atoms with van der Waals surface area (Å²) in [4.78, 5) is 14.4. The van der Waals surface area contributed by atoms with Gasteiger partial charge < -0.3 is 15.8 Å². The number of aromatic nitrogens is 2. The molecule has 21 heavy (non-hydrogen) atoms. The minimum Gasteiger partial charge on any atom is -0.409 e. The van der Waals surface area contributed by atoms with Gasteiger partial charge in [0.15, 0.2) is 0 Å². The predicted molar refractivity (Wildman–Crippen MR) is 78.2 cm³/mol. The number of oxime groups is 1. The zero-order valence-electron chi connectivity index (χ0n) is 12.4. The van der Waals surface area contributed by atoms with Gasteiger partial charge in [0.1, 0.15) is 5.84 Å². The summed E-state index contributed by atoms with van der Waals surface area (Å²) >= 11 is 0. The molecular formula is C14H21N5O2. The summed E-state index contributed by atoms with van der Waals surface area (Å²) in [6.07, 6.45) is 2.09. The molecule has 7 heteroatoms. The molecule has 3 N–H and O–H groups in total. The van der Waals surface area contributed by atoms with Gasteiger partial charge in [0.2, 0.25) is 0 Å². The molecule has 114 valence electrons. The summed E-state index contributed by atoms with van der Waals surface area (Å²) in [7, 11) is 0. The fourth-order valence-electron chi connectivity index (χ4n) is 2.59. The first-order chi connectivity index (χ1) is 10.1. The number of nitrogens with two attached hydrogens (primary N) is 1. The van der Waals surface area contributed by atoms with Crippen molar-refractivity contribution in [3.63, 3.8) is 0 Å². The van der Waals surface area contributed by atoms with Gasteiger partial charge in [-0.2, -0.15) is 10.2 Å². The van der Waals surface area contributed by atoms with Crippen molar-refractivity contribution in [1.82, 2.24) is 15.1 Å². The molecule has 0 spiro atoms. The van der Waals surface area contributed by atoms with Gasteiger partial charge in [-0.3, -0.25) is 4.79 Å². The third-order valence-corrected chi connectivity index (χ3v) is 3.87. The molecule has 0 radical (unpaired) electrons. The third-order valence-electron chi connectivity index (χ3n) is 3.87. The van der Waals surface area contributed by atoms with E-state index >= 15 is 0 Å². The molecule has 1 aliphatic heterocycles. The Morgan fingerprint density at radius 1 is 1.48 bits per heavy atom. The van der Waals surface area contributed by atoms with Crippen LogP contribution in [0.1, 0.15) is 41.5 Å². The van der Waals surface area contributed by atoms with E-state index in [1.807, 2.05) is 13.8 Å². The molecule has 0 unspecified atom stereocenters. The maximum absolute atomic E-state index is 12.6. The lowest BCUT2D eigenvalue weighted by Gasteiger charge is -2.31. The van der Waals surface area contributed by atoms with Gasteiger partial charge in [-0.05, 0) is 32.3 Å². The molecule has 1 aliphatic rings. The summed E-state index contributed by atoms with van der Waals surface area (Å²) < 4.78 is 0. The molecule has 0 saturated carbocycles. The second kappa shape index (κ2) is 6.51. The van der Waals surface area contributed by atoms with Gasteiger partial charge in [0, 0.05) is 19.0 Å². The van der Waals surface area contributed by atoms with E-state index in [2.05, 4.69) is 15.4 Å². The maximum Gasteiger partial charge on any atom is 0.255 e. The molecule has 1 aromatic heterocycles. The average molecular weight is 291 g/mol. The van der Waals surface area contributed by atoms with Crippen LogP contribution in [0.4, 0.5) is 0 Å². The Morgan fingerprint density at radius 2 is 2.14 bits per heavy atom. The SMILES string of the molecule is CCc1nnc(C)cc1C(=O)N1CCC(C(N)=NO)CC1. The number of amidine groups is 1. The Bertz CT molecular complexity index is 550. The van der Waals surface area contributed by atoms with E-state index in [-0.39, 0.29) is 17.7 Å². The number of hydrogen-bond donors (Lipinski definition) is 2. The second-order valence-electron chi connectivity index (χ2n) is 5.29. The first kappa shape index (κ1) is 15.2. The Hall–Kier alpha value is -2.18. The van der Waals surface area contributed by atoms with Crippen LogP contribution in [0.25, 0.3) is 0 Å². The van der Waals surface area contributed by atoms with Crippen LogP contribution in [0.3, 0.4) is 0 Å². The highest BCUT2D eigenvalue weighted by Crippen LogP contribution is 2.20. The largest absolute Gasteiger partial charge is 0.409 e.